The maximum Gasteiger partial charge on any atom is 0.243 e. The van der Waals surface area contributed by atoms with Gasteiger partial charge in [-0.25, -0.2) is 18.4 Å². The fourth-order valence-corrected chi connectivity index (χ4v) is 5.49. The second kappa shape index (κ2) is 8.28. The summed E-state index contributed by atoms with van der Waals surface area (Å²) in [5.74, 6) is 0.620. The topological polar surface area (TPSA) is 97.1 Å². The van der Waals surface area contributed by atoms with Crippen molar-refractivity contribution in [3.63, 3.8) is 0 Å². The molecule has 9 nitrogen and oxygen atoms in total. The quantitative estimate of drug-likeness (QED) is 0.434. The Balaban J connectivity index is 1.39. The number of hydrogen-bond donors (Lipinski definition) is 0. The van der Waals surface area contributed by atoms with Crippen LogP contribution < -0.4 is 4.90 Å². The molecule has 2 aromatic carbocycles. The molecule has 32 heavy (non-hydrogen) atoms. The smallest absolute Gasteiger partial charge is 0.243 e. The zero-order valence-corrected chi connectivity index (χ0v) is 19.0. The first kappa shape index (κ1) is 21.1. The largest absolute Gasteiger partial charge is 0.352 e. The second-order valence-electron chi connectivity index (χ2n) is 7.20. The van der Waals surface area contributed by atoms with E-state index in [2.05, 4.69) is 20.3 Å². The summed E-state index contributed by atoms with van der Waals surface area (Å²) in [6, 6.07) is 13.5. The highest BCUT2D eigenvalue weighted by atomic mass is 35.5. The minimum absolute atomic E-state index is 0.189. The standard InChI is InChI=1S/C20H17Cl2N7O2S/c21-14-4-6-16(7-5-14)29-20-18(25-26-29)19(23-13-24-20)27-8-10-28(11-9-27)32(30,31)17-3-1-2-15(22)12-17/h1-7,12-13H,8-11H2. The summed E-state index contributed by atoms with van der Waals surface area (Å²) in [7, 11) is -3.62. The van der Waals surface area contributed by atoms with Gasteiger partial charge < -0.3 is 4.90 Å². The van der Waals surface area contributed by atoms with E-state index in [1.807, 2.05) is 17.0 Å². The van der Waals surface area contributed by atoms with Crippen molar-refractivity contribution in [3.8, 4) is 5.69 Å². The predicted octanol–water partition coefficient (Wildman–Crippen LogP) is 3.03. The summed E-state index contributed by atoms with van der Waals surface area (Å²) in [5.41, 5.74) is 1.89. The summed E-state index contributed by atoms with van der Waals surface area (Å²) in [5, 5.41) is 9.52. The van der Waals surface area contributed by atoms with Gasteiger partial charge in [0.15, 0.2) is 17.0 Å². The van der Waals surface area contributed by atoms with Crippen LogP contribution in [0.1, 0.15) is 0 Å². The molecule has 1 aliphatic heterocycles. The maximum atomic E-state index is 13.0. The van der Waals surface area contributed by atoms with E-state index >= 15 is 0 Å². The maximum absolute atomic E-state index is 13.0. The molecule has 3 heterocycles. The molecule has 0 amide bonds. The third-order valence-corrected chi connectivity index (χ3v) is 7.64. The monoisotopic (exact) mass is 489 g/mol. The molecule has 0 radical (unpaired) electrons. The van der Waals surface area contributed by atoms with Crippen molar-refractivity contribution in [1.29, 1.82) is 0 Å². The van der Waals surface area contributed by atoms with E-state index < -0.39 is 10.0 Å². The summed E-state index contributed by atoms with van der Waals surface area (Å²) >= 11 is 12.0. The van der Waals surface area contributed by atoms with Crippen molar-refractivity contribution in [1.82, 2.24) is 29.3 Å². The Morgan fingerprint density at radius 1 is 0.875 bits per heavy atom. The molecule has 0 saturated carbocycles. The summed E-state index contributed by atoms with van der Waals surface area (Å²) in [4.78, 5) is 10.9. The number of nitrogens with zero attached hydrogens (tertiary/aromatic N) is 7. The molecule has 0 N–H and O–H groups in total. The second-order valence-corrected chi connectivity index (χ2v) is 10.0. The molecule has 0 atom stereocenters. The molecule has 12 heteroatoms. The normalized spacial score (nSPS) is 15.4. The number of piperazine rings is 1. The molecule has 0 unspecified atom stereocenters. The Hall–Kier alpha value is -2.79. The number of fused-ring (bicyclic) bond motifs is 1. The van der Waals surface area contributed by atoms with Crippen molar-refractivity contribution in [2.75, 3.05) is 31.1 Å². The number of sulfonamides is 1. The van der Waals surface area contributed by atoms with Gasteiger partial charge in [0.2, 0.25) is 10.0 Å². The molecule has 0 aliphatic carbocycles. The number of aromatic nitrogens is 5. The lowest BCUT2D eigenvalue weighted by molar-refractivity contribution is 0.384. The van der Waals surface area contributed by atoms with Crippen LogP contribution in [0.2, 0.25) is 10.0 Å². The van der Waals surface area contributed by atoms with Crippen molar-refractivity contribution >= 4 is 50.2 Å². The Bertz CT molecular complexity index is 1380. The highest BCUT2D eigenvalue weighted by Crippen LogP contribution is 2.26. The SMILES string of the molecule is O=S(=O)(c1cccc(Cl)c1)N1CCN(c2ncnc3c2nnn3-c2ccc(Cl)cc2)CC1. The van der Waals surface area contributed by atoms with Gasteiger partial charge >= 0.3 is 0 Å². The van der Waals surface area contributed by atoms with Crippen LogP contribution >= 0.6 is 23.2 Å². The molecule has 4 aromatic rings. The van der Waals surface area contributed by atoms with E-state index in [1.54, 1.807) is 35.0 Å². The number of benzene rings is 2. The van der Waals surface area contributed by atoms with E-state index in [9.17, 15) is 8.42 Å². The lowest BCUT2D eigenvalue weighted by Crippen LogP contribution is -2.49. The van der Waals surface area contributed by atoms with Crippen LogP contribution in [0.3, 0.4) is 0 Å². The van der Waals surface area contributed by atoms with E-state index in [1.165, 1.54) is 16.7 Å². The van der Waals surface area contributed by atoms with Gasteiger partial charge in [-0.3, -0.25) is 0 Å². The van der Waals surface area contributed by atoms with Crippen LogP contribution in [0.5, 0.6) is 0 Å². The minimum Gasteiger partial charge on any atom is -0.352 e. The molecular formula is C20H17Cl2N7O2S. The van der Waals surface area contributed by atoms with Crippen molar-refractivity contribution in [2.45, 2.75) is 4.90 Å². The highest BCUT2D eigenvalue weighted by Gasteiger charge is 2.30. The summed E-state index contributed by atoms with van der Waals surface area (Å²) in [6.07, 6.45) is 1.46. The van der Waals surface area contributed by atoms with Gasteiger partial charge in [-0.2, -0.15) is 8.99 Å². The molecule has 1 aliphatic rings. The van der Waals surface area contributed by atoms with Gasteiger partial charge in [-0.1, -0.05) is 34.5 Å². The molecular weight excluding hydrogens is 473 g/mol. The third-order valence-electron chi connectivity index (χ3n) is 5.26. The zero-order chi connectivity index (χ0) is 22.3. The van der Waals surface area contributed by atoms with Crippen LogP contribution in [0.25, 0.3) is 16.9 Å². The van der Waals surface area contributed by atoms with Crippen LogP contribution in [-0.4, -0.2) is 63.9 Å². The van der Waals surface area contributed by atoms with Gasteiger partial charge in [0, 0.05) is 36.2 Å². The Morgan fingerprint density at radius 2 is 1.62 bits per heavy atom. The number of hydrogen-bond acceptors (Lipinski definition) is 7. The van der Waals surface area contributed by atoms with Crippen molar-refractivity contribution in [3.05, 3.63) is 64.9 Å². The number of halogens is 2. The van der Waals surface area contributed by atoms with E-state index in [-0.39, 0.29) is 4.90 Å². The van der Waals surface area contributed by atoms with Crippen LogP contribution in [0.4, 0.5) is 5.82 Å². The Labute approximate surface area is 194 Å². The van der Waals surface area contributed by atoms with Gasteiger partial charge in [0.25, 0.3) is 0 Å². The first-order valence-corrected chi connectivity index (χ1v) is 12.0. The molecule has 0 bridgehead atoms. The average Bonchev–Trinajstić information content (AvgIpc) is 3.24. The van der Waals surface area contributed by atoms with Crippen molar-refractivity contribution in [2.24, 2.45) is 0 Å². The Kier molecular flexibility index (Phi) is 5.46. The molecule has 5 rings (SSSR count). The first-order valence-electron chi connectivity index (χ1n) is 9.76. The number of anilines is 1. The fraction of sp³-hybridized carbons (Fsp3) is 0.200. The molecule has 1 fully saturated rings. The van der Waals surface area contributed by atoms with Crippen LogP contribution in [0, 0.1) is 0 Å². The van der Waals surface area contributed by atoms with Gasteiger partial charge in [-0.05, 0) is 42.5 Å². The van der Waals surface area contributed by atoms with Gasteiger partial charge in [-0.15, -0.1) is 5.10 Å². The van der Waals surface area contributed by atoms with Gasteiger partial charge in [0.05, 0.1) is 10.6 Å². The minimum atomic E-state index is -3.62. The molecule has 164 valence electrons. The van der Waals surface area contributed by atoms with E-state index in [4.69, 9.17) is 23.2 Å². The average molecular weight is 490 g/mol. The Morgan fingerprint density at radius 3 is 2.34 bits per heavy atom. The van der Waals surface area contributed by atoms with Crippen LogP contribution in [0.15, 0.2) is 59.8 Å². The van der Waals surface area contributed by atoms with Gasteiger partial charge in [0.1, 0.15) is 6.33 Å². The van der Waals surface area contributed by atoms with E-state index in [0.717, 1.165) is 5.69 Å². The summed E-state index contributed by atoms with van der Waals surface area (Å²) < 4.78 is 29.0. The third kappa shape index (κ3) is 3.79. The lowest BCUT2D eigenvalue weighted by Gasteiger charge is -2.34. The van der Waals surface area contributed by atoms with Crippen molar-refractivity contribution < 1.29 is 8.42 Å². The van der Waals surface area contributed by atoms with Crippen LogP contribution in [-0.2, 0) is 10.0 Å². The molecule has 0 spiro atoms. The zero-order valence-electron chi connectivity index (χ0n) is 16.6. The molecule has 1 saturated heterocycles. The number of rotatable bonds is 4. The first-order chi connectivity index (χ1) is 15.4. The van der Waals surface area contributed by atoms with E-state index in [0.29, 0.717) is 53.2 Å². The fourth-order valence-electron chi connectivity index (χ4n) is 3.64. The predicted molar refractivity (Wildman–Crippen MR) is 122 cm³/mol. The highest BCUT2D eigenvalue weighted by molar-refractivity contribution is 7.89. The molecule has 2 aromatic heterocycles. The summed E-state index contributed by atoms with van der Waals surface area (Å²) in [6.45, 7) is 1.54. The lowest BCUT2D eigenvalue weighted by atomic mass is 10.3.